The van der Waals surface area contributed by atoms with E-state index in [0.29, 0.717) is 5.75 Å². The Hall–Kier alpha value is -1.00. The van der Waals surface area contributed by atoms with E-state index in [2.05, 4.69) is 5.32 Å². The van der Waals surface area contributed by atoms with Gasteiger partial charge in [0.1, 0.15) is 0 Å². The fourth-order valence-electron chi connectivity index (χ4n) is 1.47. The number of thioether (sulfide) groups is 1. The Morgan fingerprint density at radius 2 is 2.11 bits per heavy atom. The van der Waals surface area contributed by atoms with Gasteiger partial charge in [-0.1, -0.05) is 12.1 Å². The SMILES string of the molecule is CC(O)c1cccc(SCC(=O)NC(C)(C)C)c1. The molecule has 1 aromatic carbocycles. The van der Waals surface area contributed by atoms with Gasteiger partial charge in [0.05, 0.1) is 11.9 Å². The summed E-state index contributed by atoms with van der Waals surface area (Å²) in [5.74, 6) is 0.413. The normalized spacial score (nSPS) is 13.2. The molecule has 4 heteroatoms. The van der Waals surface area contributed by atoms with Crippen LogP contribution in [0.2, 0.25) is 0 Å². The molecule has 0 aromatic heterocycles. The summed E-state index contributed by atoms with van der Waals surface area (Å²) >= 11 is 1.48. The summed E-state index contributed by atoms with van der Waals surface area (Å²) in [5.41, 5.74) is 0.676. The van der Waals surface area contributed by atoms with Crippen LogP contribution in [-0.4, -0.2) is 22.3 Å². The third kappa shape index (κ3) is 5.56. The zero-order chi connectivity index (χ0) is 13.8. The van der Waals surface area contributed by atoms with E-state index >= 15 is 0 Å². The van der Waals surface area contributed by atoms with Gasteiger partial charge >= 0.3 is 0 Å². The molecule has 0 heterocycles. The highest BCUT2D eigenvalue weighted by Crippen LogP contribution is 2.22. The second-order valence-electron chi connectivity index (χ2n) is 5.34. The quantitative estimate of drug-likeness (QED) is 0.825. The van der Waals surface area contributed by atoms with Gasteiger partial charge in [-0.15, -0.1) is 11.8 Å². The maximum Gasteiger partial charge on any atom is 0.230 e. The van der Waals surface area contributed by atoms with Crippen molar-refractivity contribution in [2.24, 2.45) is 0 Å². The molecule has 100 valence electrons. The molecule has 2 N–H and O–H groups in total. The van der Waals surface area contributed by atoms with E-state index in [-0.39, 0.29) is 11.4 Å². The highest BCUT2D eigenvalue weighted by Gasteiger charge is 2.13. The van der Waals surface area contributed by atoms with Crippen LogP contribution in [-0.2, 0) is 4.79 Å². The molecule has 0 radical (unpaired) electrons. The first-order valence-corrected chi connectivity index (χ1v) is 6.98. The van der Waals surface area contributed by atoms with Gasteiger partial charge in [0, 0.05) is 10.4 Å². The molecule has 0 bridgehead atoms. The second kappa shape index (κ2) is 6.25. The number of amides is 1. The van der Waals surface area contributed by atoms with Crippen molar-refractivity contribution >= 4 is 17.7 Å². The van der Waals surface area contributed by atoms with Crippen molar-refractivity contribution in [2.45, 2.75) is 44.2 Å². The Kier molecular flexibility index (Phi) is 5.23. The Balaban J connectivity index is 2.53. The smallest absolute Gasteiger partial charge is 0.230 e. The van der Waals surface area contributed by atoms with Crippen LogP contribution in [0.1, 0.15) is 39.4 Å². The number of hydrogen-bond acceptors (Lipinski definition) is 3. The van der Waals surface area contributed by atoms with Gasteiger partial charge in [0.15, 0.2) is 0 Å². The fraction of sp³-hybridized carbons (Fsp3) is 0.500. The first-order valence-electron chi connectivity index (χ1n) is 6.00. The predicted molar refractivity (Wildman–Crippen MR) is 75.7 cm³/mol. The van der Waals surface area contributed by atoms with Crippen LogP contribution in [0.15, 0.2) is 29.2 Å². The van der Waals surface area contributed by atoms with Crippen molar-refractivity contribution in [1.29, 1.82) is 0 Å². The molecule has 0 saturated carbocycles. The minimum absolute atomic E-state index is 0.0231. The highest BCUT2D eigenvalue weighted by atomic mass is 32.2. The molecule has 1 amide bonds. The van der Waals surface area contributed by atoms with Crippen molar-refractivity contribution in [2.75, 3.05) is 5.75 Å². The van der Waals surface area contributed by atoms with Crippen LogP contribution in [0.25, 0.3) is 0 Å². The lowest BCUT2D eigenvalue weighted by Gasteiger charge is -2.20. The van der Waals surface area contributed by atoms with Gasteiger partial charge < -0.3 is 10.4 Å². The number of nitrogens with one attached hydrogen (secondary N) is 1. The molecule has 0 aliphatic carbocycles. The van der Waals surface area contributed by atoms with Gasteiger partial charge in [-0.05, 0) is 45.4 Å². The summed E-state index contributed by atoms with van der Waals surface area (Å²) in [6, 6.07) is 7.64. The number of carbonyl (C=O) groups is 1. The van der Waals surface area contributed by atoms with Crippen LogP contribution in [0, 0.1) is 0 Å². The van der Waals surface area contributed by atoms with E-state index in [0.717, 1.165) is 10.5 Å². The van der Waals surface area contributed by atoms with Gasteiger partial charge in [-0.3, -0.25) is 4.79 Å². The van der Waals surface area contributed by atoms with Crippen molar-refractivity contribution in [3.8, 4) is 0 Å². The first kappa shape index (κ1) is 15.1. The van der Waals surface area contributed by atoms with E-state index in [4.69, 9.17) is 0 Å². The van der Waals surface area contributed by atoms with Crippen LogP contribution in [0.5, 0.6) is 0 Å². The summed E-state index contributed by atoms with van der Waals surface area (Å²) in [7, 11) is 0. The summed E-state index contributed by atoms with van der Waals surface area (Å²) in [6.07, 6.45) is -0.478. The fourth-order valence-corrected chi connectivity index (χ4v) is 2.23. The maximum atomic E-state index is 11.7. The standard InChI is InChI=1S/C14H21NO2S/c1-10(16)11-6-5-7-12(8-11)18-9-13(17)15-14(2,3)4/h5-8,10,16H,9H2,1-4H3,(H,15,17). The highest BCUT2D eigenvalue weighted by molar-refractivity contribution is 8.00. The van der Waals surface area contributed by atoms with E-state index in [1.54, 1.807) is 6.92 Å². The molecule has 1 atom stereocenters. The largest absolute Gasteiger partial charge is 0.389 e. The summed E-state index contributed by atoms with van der Waals surface area (Å²) in [4.78, 5) is 12.7. The number of carbonyl (C=O) groups excluding carboxylic acids is 1. The zero-order valence-electron chi connectivity index (χ0n) is 11.4. The Bertz CT molecular complexity index is 411. The molecule has 0 saturated heterocycles. The summed E-state index contributed by atoms with van der Waals surface area (Å²) < 4.78 is 0. The van der Waals surface area contributed by atoms with Crippen molar-refractivity contribution in [3.05, 3.63) is 29.8 Å². The van der Waals surface area contributed by atoms with E-state index in [9.17, 15) is 9.90 Å². The van der Waals surface area contributed by atoms with Crippen LogP contribution >= 0.6 is 11.8 Å². The predicted octanol–water partition coefficient (Wildman–Crippen LogP) is 2.75. The monoisotopic (exact) mass is 267 g/mol. The average Bonchev–Trinajstić information content (AvgIpc) is 2.24. The lowest BCUT2D eigenvalue weighted by Crippen LogP contribution is -2.41. The van der Waals surface area contributed by atoms with Crippen LogP contribution in [0.3, 0.4) is 0 Å². The average molecular weight is 267 g/mol. The molecule has 1 rings (SSSR count). The number of rotatable bonds is 4. The molecule has 0 spiro atoms. The number of aliphatic hydroxyl groups is 1. The van der Waals surface area contributed by atoms with Gasteiger partial charge in [0.2, 0.25) is 5.91 Å². The van der Waals surface area contributed by atoms with E-state index in [1.165, 1.54) is 11.8 Å². The minimum atomic E-state index is -0.478. The Morgan fingerprint density at radius 1 is 1.44 bits per heavy atom. The van der Waals surface area contributed by atoms with E-state index < -0.39 is 6.10 Å². The number of benzene rings is 1. The van der Waals surface area contributed by atoms with Crippen LogP contribution < -0.4 is 5.32 Å². The summed E-state index contributed by atoms with van der Waals surface area (Å²) in [6.45, 7) is 7.62. The van der Waals surface area contributed by atoms with Gasteiger partial charge in [-0.2, -0.15) is 0 Å². The number of hydrogen-bond donors (Lipinski definition) is 2. The van der Waals surface area contributed by atoms with Gasteiger partial charge in [0.25, 0.3) is 0 Å². The zero-order valence-corrected chi connectivity index (χ0v) is 12.2. The molecule has 1 unspecified atom stereocenters. The lowest BCUT2D eigenvalue weighted by molar-refractivity contribution is -0.119. The molecular weight excluding hydrogens is 246 g/mol. The third-order valence-corrected chi connectivity index (χ3v) is 3.22. The van der Waals surface area contributed by atoms with E-state index in [1.807, 2.05) is 45.0 Å². The van der Waals surface area contributed by atoms with Crippen LogP contribution in [0.4, 0.5) is 0 Å². The maximum absolute atomic E-state index is 11.7. The molecule has 0 aliphatic heterocycles. The topological polar surface area (TPSA) is 49.3 Å². The minimum Gasteiger partial charge on any atom is -0.389 e. The molecule has 0 aliphatic rings. The first-order chi connectivity index (χ1) is 8.28. The molecule has 3 nitrogen and oxygen atoms in total. The van der Waals surface area contributed by atoms with Crippen molar-refractivity contribution in [1.82, 2.24) is 5.32 Å². The third-order valence-electron chi connectivity index (χ3n) is 2.22. The van der Waals surface area contributed by atoms with Gasteiger partial charge in [-0.25, -0.2) is 0 Å². The van der Waals surface area contributed by atoms with Crippen molar-refractivity contribution < 1.29 is 9.90 Å². The molecule has 18 heavy (non-hydrogen) atoms. The number of aliphatic hydroxyl groups excluding tert-OH is 1. The lowest BCUT2D eigenvalue weighted by atomic mass is 10.1. The Morgan fingerprint density at radius 3 is 2.67 bits per heavy atom. The molecule has 1 aromatic rings. The second-order valence-corrected chi connectivity index (χ2v) is 6.38. The molecule has 0 fully saturated rings. The van der Waals surface area contributed by atoms with Crippen molar-refractivity contribution in [3.63, 3.8) is 0 Å². The molecular formula is C14H21NO2S. The summed E-state index contributed by atoms with van der Waals surface area (Å²) in [5, 5.41) is 12.4. The Labute approximate surface area is 113 Å².